The molecule has 1 fully saturated rings. The van der Waals surface area contributed by atoms with Gasteiger partial charge in [0.2, 0.25) is 5.91 Å². The first-order chi connectivity index (χ1) is 13.1. The molecule has 1 aliphatic heterocycles. The molecule has 0 bridgehead atoms. The first-order valence-corrected chi connectivity index (χ1v) is 8.96. The van der Waals surface area contributed by atoms with E-state index in [1.54, 1.807) is 6.07 Å². The molecule has 1 amide bonds. The van der Waals surface area contributed by atoms with Crippen LogP contribution in [0.2, 0.25) is 0 Å². The van der Waals surface area contributed by atoms with Crippen LogP contribution in [0.25, 0.3) is 22.0 Å². The number of anilines is 1. The summed E-state index contributed by atoms with van der Waals surface area (Å²) in [6.45, 7) is 6.39. The third-order valence-electron chi connectivity index (χ3n) is 5.03. The average molecular weight is 364 g/mol. The summed E-state index contributed by atoms with van der Waals surface area (Å²) < 4.78 is 15.4. The molecule has 0 spiro atoms. The van der Waals surface area contributed by atoms with E-state index in [1.165, 1.54) is 18.2 Å². The molecule has 4 rings (SSSR count). The number of aromatic nitrogens is 2. The Morgan fingerprint density at radius 1 is 1.11 bits per heavy atom. The lowest BCUT2D eigenvalue weighted by Crippen LogP contribution is -2.48. The van der Waals surface area contributed by atoms with E-state index in [4.69, 9.17) is 0 Å². The van der Waals surface area contributed by atoms with Crippen LogP contribution in [0.3, 0.4) is 0 Å². The highest BCUT2D eigenvalue weighted by atomic mass is 19.1. The summed E-state index contributed by atoms with van der Waals surface area (Å²) in [5.74, 6) is 0.770. The zero-order chi connectivity index (χ0) is 19.0. The van der Waals surface area contributed by atoms with Crippen molar-refractivity contribution in [2.24, 2.45) is 7.05 Å². The molecule has 0 unspecified atom stereocenters. The number of piperazine rings is 1. The molecule has 138 valence electrons. The Kier molecular flexibility index (Phi) is 4.39. The van der Waals surface area contributed by atoms with Gasteiger partial charge in [-0.05, 0) is 41.5 Å². The number of carbonyl (C=O) groups excluding carboxylic acids is 1. The summed E-state index contributed by atoms with van der Waals surface area (Å²) in [7, 11) is 1.93. The van der Waals surface area contributed by atoms with E-state index in [1.807, 2.05) is 40.9 Å². The largest absolute Gasteiger partial charge is 0.353 e. The Morgan fingerprint density at radius 2 is 1.85 bits per heavy atom. The fourth-order valence-corrected chi connectivity index (χ4v) is 3.68. The first-order valence-electron chi connectivity index (χ1n) is 8.96. The second kappa shape index (κ2) is 6.87. The van der Waals surface area contributed by atoms with Crippen molar-refractivity contribution < 1.29 is 9.18 Å². The van der Waals surface area contributed by atoms with Gasteiger partial charge in [-0.15, -0.1) is 0 Å². The Morgan fingerprint density at radius 3 is 2.56 bits per heavy atom. The van der Waals surface area contributed by atoms with E-state index in [2.05, 4.69) is 16.6 Å². The molecule has 0 radical (unpaired) electrons. The van der Waals surface area contributed by atoms with E-state index in [0.29, 0.717) is 13.1 Å². The van der Waals surface area contributed by atoms with Gasteiger partial charge in [0.05, 0.1) is 5.52 Å². The van der Waals surface area contributed by atoms with E-state index in [9.17, 15) is 9.18 Å². The van der Waals surface area contributed by atoms with Crippen LogP contribution in [0.15, 0.2) is 55.1 Å². The summed E-state index contributed by atoms with van der Waals surface area (Å²) in [5, 5.41) is 5.71. The van der Waals surface area contributed by atoms with E-state index < -0.39 is 0 Å². The topological polar surface area (TPSA) is 41.4 Å². The summed E-state index contributed by atoms with van der Waals surface area (Å²) in [6.07, 6.45) is 1.36. The number of halogens is 1. The number of aryl methyl sites for hydroxylation is 1. The standard InChI is InChI=1S/C21H21FN4O/c1-3-20(27)25-9-11-26(12-10-25)21-18-8-7-16(14-19(18)23-24(21)2)15-5-4-6-17(22)13-15/h3-8,13-14H,1,9-12H2,2H3. The van der Waals surface area contributed by atoms with Crippen molar-refractivity contribution in [1.82, 2.24) is 14.7 Å². The molecule has 6 heteroatoms. The number of benzene rings is 2. The summed E-state index contributed by atoms with van der Waals surface area (Å²) >= 11 is 0. The minimum absolute atomic E-state index is 0.0238. The molecule has 1 aromatic heterocycles. The van der Waals surface area contributed by atoms with Crippen LogP contribution in [0.4, 0.5) is 10.2 Å². The summed E-state index contributed by atoms with van der Waals surface area (Å²) in [5.41, 5.74) is 2.65. The van der Waals surface area contributed by atoms with Crippen LogP contribution in [0.1, 0.15) is 0 Å². The lowest BCUT2D eigenvalue weighted by molar-refractivity contribution is -0.126. The molecular formula is C21H21FN4O. The Balaban J connectivity index is 1.64. The second-order valence-electron chi connectivity index (χ2n) is 6.71. The van der Waals surface area contributed by atoms with E-state index >= 15 is 0 Å². The highest BCUT2D eigenvalue weighted by molar-refractivity contribution is 5.93. The van der Waals surface area contributed by atoms with Crippen LogP contribution < -0.4 is 4.90 Å². The molecule has 0 saturated carbocycles. The zero-order valence-corrected chi connectivity index (χ0v) is 15.2. The highest BCUT2D eigenvalue weighted by Gasteiger charge is 2.23. The smallest absolute Gasteiger partial charge is 0.246 e. The minimum Gasteiger partial charge on any atom is -0.353 e. The van der Waals surface area contributed by atoms with Gasteiger partial charge in [-0.2, -0.15) is 5.10 Å². The van der Waals surface area contributed by atoms with Crippen LogP contribution in [0, 0.1) is 5.82 Å². The zero-order valence-electron chi connectivity index (χ0n) is 15.2. The molecule has 2 aromatic carbocycles. The maximum absolute atomic E-state index is 13.5. The van der Waals surface area contributed by atoms with Crippen molar-refractivity contribution in [1.29, 1.82) is 0 Å². The Labute approximate surface area is 157 Å². The van der Waals surface area contributed by atoms with Crippen LogP contribution in [0.5, 0.6) is 0 Å². The Bertz CT molecular complexity index is 1020. The number of carbonyl (C=O) groups is 1. The van der Waals surface area contributed by atoms with E-state index in [0.717, 1.165) is 40.9 Å². The third kappa shape index (κ3) is 3.18. The van der Waals surface area contributed by atoms with Crippen molar-refractivity contribution in [3.05, 3.63) is 60.9 Å². The quantitative estimate of drug-likeness (QED) is 0.670. The molecule has 1 aliphatic rings. The van der Waals surface area contributed by atoms with Gasteiger partial charge in [-0.25, -0.2) is 4.39 Å². The molecule has 5 nitrogen and oxygen atoms in total. The second-order valence-corrected chi connectivity index (χ2v) is 6.71. The predicted octanol–water partition coefficient (Wildman–Crippen LogP) is 3.21. The lowest BCUT2D eigenvalue weighted by Gasteiger charge is -2.35. The fourth-order valence-electron chi connectivity index (χ4n) is 3.68. The van der Waals surface area contributed by atoms with Gasteiger partial charge in [-0.3, -0.25) is 9.48 Å². The lowest BCUT2D eigenvalue weighted by atomic mass is 10.0. The number of fused-ring (bicyclic) bond motifs is 1. The molecule has 0 aliphatic carbocycles. The van der Waals surface area contributed by atoms with Gasteiger partial charge in [-0.1, -0.05) is 24.8 Å². The monoisotopic (exact) mass is 364 g/mol. The van der Waals surface area contributed by atoms with Gasteiger partial charge >= 0.3 is 0 Å². The van der Waals surface area contributed by atoms with Crippen LogP contribution >= 0.6 is 0 Å². The molecule has 0 N–H and O–H groups in total. The van der Waals surface area contributed by atoms with Crippen molar-refractivity contribution in [2.75, 3.05) is 31.1 Å². The van der Waals surface area contributed by atoms with Crippen molar-refractivity contribution in [3.8, 4) is 11.1 Å². The molecule has 27 heavy (non-hydrogen) atoms. The number of hydrogen-bond donors (Lipinski definition) is 0. The first kappa shape index (κ1) is 17.3. The maximum Gasteiger partial charge on any atom is 0.246 e. The van der Waals surface area contributed by atoms with Gasteiger partial charge in [0.15, 0.2) is 0 Å². The molecule has 0 atom stereocenters. The summed E-state index contributed by atoms with van der Waals surface area (Å²) in [6, 6.07) is 12.6. The number of rotatable bonds is 3. The number of nitrogens with zero attached hydrogens (tertiary/aromatic N) is 4. The van der Waals surface area contributed by atoms with Gasteiger partial charge in [0.1, 0.15) is 11.6 Å². The molecule has 2 heterocycles. The third-order valence-corrected chi connectivity index (χ3v) is 5.03. The molecule has 3 aromatic rings. The predicted molar refractivity (Wildman–Crippen MR) is 105 cm³/mol. The van der Waals surface area contributed by atoms with Crippen molar-refractivity contribution in [3.63, 3.8) is 0 Å². The van der Waals surface area contributed by atoms with Crippen molar-refractivity contribution in [2.45, 2.75) is 0 Å². The van der Waals surface area contributed by atoms with Gasteiger partial charge < -0.3 is 9.80 Å². The molecule has 1 saturated heterocycles. The van der Waals surface area contributed by atoms with Crippen LogP contribution in [-0.4, -0.2) is 46.8 Å². The average Bonchev–Trinajstić information content (AvgIpc) is 3.02. The highest BCUT2D eigenvalue weighted by Crippen LogP contribution is 2.31. The normalized spacial score (nSPS) is 14.6. The van der Waals surface area contributed by atoms with Crippen LogP contribution in [-0.2, 0) is 11.8 Å². The van der Waals surface area contributed by atoms with E-state index in [-0.39, 0.29) is 11.7 Å². The Hall–Kier alpha value is -3.15. The SMILES string of the molecule is C=CC(=O)N1CCN(c2c3ccc(-c4cccc(F)c4)cc3nn2C)CC1. The number of hydrogen-bond acceptors (Lipinski definition) is 3. The summed E-state index contributed by atoms with van der Waals surface area (Å²) in [4.78, 5) is 15.8. The van der Waals surface area contributed by atoms with Gasteiger partial charge in [0, 0.05) is 38.6 Å². The number of amides is 1. The fraction of sp³-hybridized carbons (Fsp3) is 0.238. The minimum atomic E-state index is -0.249. The van der Waals surface area contributed by atoms with Crippen molar-refractivity contribution >= 4 is 22.6 Å². The van der Waals surface area contributed by atoms with Gasteiger partial charge in [0.25, 0.3) is 0 Å². The maximum atomic E-state index is 13.5. The molecular weight excluding hydrogens is 343 g/mol.